The van der Waals surface area contributed by atoms with Gasteiger partial charge in [-0.25, -0.2) is 4.79 Å². The summed E-state index contributed by atoms with van der Waals surface area (Å²) in [5.41, 5.74) is 1.19. The number of rotatable bonds is 5. The van der Waals surface area contributed by atoms with Crippen LogP contribution in [0.1, 0.15) is 46.6 Å². The van der Waals surface area contributed by atoms with Crippen LogP contribution in [0.5, 0.6) is 0 Å². The lowest BCUT2D eigenvalue weighted by Gasteiger charge is -2.12. The Bertz CT molecular complexity index is 607. The molecule has 0 N–H and O–H groups in total. The highest BCUT2D eigenvalue weighted by atomic mass is 16.5. The summed E-state index contributed by atoms with van der Waals surface area (Å²) >= 11 is 0. The fraction of sp³-hybridized carbons (Fsp3) is 0.286. The van der Waals surface area contributed by atoms with Gasteiger partial charge in [-0.2, -0.15) is 5.10 Å². The van der Waals surface area contributed by atoms with Gasteiger partial charge in [-0.3, -0.25) is 14.5 Å². The number of hydrogen-bond acceptors (Lipinski definition) is 5. The van der Waals surface area contributed by atoms with Crippen LogP contribution in [0.15, 0.2) is 30.5 Å². The highest BCUT2D eigenvalue weighted by Gasteiger charge is 2.19. The molecule has 0 bridgehead atoms. The van der Waals surface area contributed by atoms with Gasteiger partial charge in [0, 0.05) is 12.3 Å². The fourth-order valence-corrected chi connectivity index (χ4v) is 1.86. The summed E-state index contributed by atoms with van der Waals surface area (Å²) in [5, 5.41) is 4.15. The third-order valence-corrected chi connectivity index (χ3v) is 2.85. The summed E-state index contributed by atoms with van der Waals surface area (Å²) in [6, 6.07) is 6.67. The largest absolute Gasteiger partial charge is 0.461 e. The zero-order valence-corrected chi connectivity index (χ0v) is 11.3. The first-order valence-corrected chi connectivity index (χ1v) is 6.30. The Morgan fingerprint density at radius 3 is 2.90 bits per heavy atom. The van der Waals surface area contributed by atoms with Crippen molar-refractivity contribution in [1.82, 2.24) is 14.8 Å². The second-order valence-corrected chi connectivity index (χ2v) is 4.17. The Morgan fingerprint density at radius 1 is 1.50 bits per heavy atom. The molecule has 6 heteroatoms. The highest BCUT2D eigenvalue weighted by Crippen LogP contribution is 2.17. The van der Waals surface area contributed by atoms with Crippen LogP contribution in [-0.4, -0.2) is 33.6 Å². The summed E-state index contributed by atoms with van der Waals surface area (Å²) in [6.45, 7) is 3.83. The van der Waals surface area contributed by atoms with E-state index in [1.165, 1.54) is 10.7 Å². The zero-order chi connectivity index (χ0) is 14.5. The summed E-state index contributed by atoms with van der Waals surface area (Å²) in [6.07, 6.45) is 2.33. The summed E-state index contributed by atoms with van der Waals surface area (Å²) in [5.74, 6) is -0.539. The molecule has 2 aromatic heterocycles. The molecule has 1 atom stereocenters. The minimum Gasteiger partial charge on any atom is -0.461 e. The highest BCUT2D eigenvalue weighted by molar-refractivity contribution is 5.89. The number of carbonyl (C=O) groups excluding carboxylic acids is 2. The monoisotopic (exact) mass is 273 g/mol. The lowest BCUT2D eigenvalue weighted by atomic mass is 10.2. The molecule has 0 aliphatic rings. The molecule has 0 aliphatic carbocycles. The average Bonchev–Trinajstić information content (AvgIpc) is 2.92. The minimum absolute atomic E-state index is 0.122. The Morgan fingerprint density at radius 2 is 2.30 bits per heavy atom. The van der Waals surface area contributed by atoms with Gasteiger partial charge in [-0.05, 0) is 26.0 Å². The summed E-state index contributed by atoms with van der Waals surface area (Å²) in [7, 11) is 0. The van der Waals surface area contributed by atoms with Gasteiger partial charge in [0.2, 0.25) is 0 Å². The van der Waals surface area contributed by atoms with E-state index in [0.717, 1.165) is 5.69 Å². The third-order valence-electron chi connectivity index (χ3n) is 2.85. The normalized spacial score (nSPS) is 11.9. The number of carbonyl (C=O) groups is 2. The van der Waals surface area contributed by atoms with Crippen molar-refractivity contribution >= 4 is 12.3 Å². The average molecular weight is 273 g/mol. The Hall–Kier alpha value is -2.50. The van der Waals surface area contributed by atoms with Crippen molar-refractivity contribution in [3.05, 3.63) is 47.5 Å². The van der Waals surface area contributed by atoms with E-state index in [0.29, 0.717) is 12.0 Å². The number of aromatic nitrogens is 3. The Kier molecular flexibility index (Phi) is 4.24. The lowest BCUT2D eigenvalue weighted by molar-refractivity contribution is 0.0518. The second-order valence-electron chi connectivity index (χ2n) is 4.17. The van der Waals surface area contributed by atoms with Gasteiger partial charge < -0.3 is 4.74 Å². The Labute approximate surface area is 116 Å². The van der Waals surface area contributed by atoms with Crippen LogP contribution in [0, 0.1) is 0 Å². The molecule has 2 aromatic rings. The molecule has 20 heavy (non-hydrogen) atoms. The van der Waals surface area contributed by atoms with Gasteiger partial charge in [0.25, 0.3) is 0 Å². The standard InChI is InChI=1S/C14H15N3O3/c1-3-20-14(19)13-8-11(9-18)17(16-13)10(2)12-6-4-5-7-15-12/h4-10H,3H2,1-2H3. The molecular formula is C14H15N3O3. The first kappa shape index (κ1) is 13.9. The number of hydrogen-bond donors (Lipinski definition) is 0. The van der Waals surface area contributed by atoms with E-state index in [9.17, 15) is 9.59 Å². The van der Waals surface area contributed by atoms with Gasteiger partial charge in [-0.15, -0.1) is 0 Å². The van der Waals surface area contributed by atoms with Crippen molar-refractivity contribution < 1.29 is 14.3 Å². The predicted octanol–water partition coefficient (Wildman–Crippen LogP) is 1.88. The molecule has 0 amide bonds. The molecule has 2 rings (SSSR count). The topological polar surface area (TPSA) is 74.1 Å². The van der Waals surface area contributed by atoms with E-state index in [2.05, 4.69) is 10.1 Å². The second kappa shape index (κ2) is 6.10. The maximum Gasteiger partial charge on any atom is 0.358 e. The SMILES string of the molecule is CCOC(=O)c1cc(C=O)n(C(C)c2ccccn2)n1. The molecule has 104 valence electrons. The van der Waals surface area contributed by atoms with Crippen molar-refractivity contribution in [2.45, 2.75) is 19.9 Å². The molecule has 0 spiro atoms. The molecule has 0 saturated heterocycles. The number of esters is 1. The smallest absolute Gasteiger partial charge is 0.358 e. The van der Waals surface area contributed by atoms with Crippen LogP contribution in [0.25, 0.3) is 0 Å². The van der Waals surface area contributed by atoms with E-state index in [-0.39, 0.29) is 18.3 Å². The maximum absolute atomic E-state index is 11.7. The van der Waals surface area contributed by atoms with Gasteiger partial charge >= 0.3 is 5.97 Å². The van der Waals surface area contributed by atoms with Gasteiger partial charge in [0.05, 0.1) is 18.3 Å². The van der Waals surface area contributed by atoms with E-state index in [4.69, 9.17) is 4.74 Å². The molecule has 1 unspecified atom stereocenters. The quantitative estimate of drug-likeness (QED) is 0.614. The van der Waals surface area contributed by atoms with Crippen LogP contribution in [0.4, 0.5) is 0 Å². The number of ether oxygens (including phenoxy) is 1. The Balaban J connectivity index is 2.36. The van der Waals surface area contributed by atoms with Crippen molar-refractivity contribution in [1.29, 1.82) is 0 Å². The van der Waals surface area contributed by atoms with E-state index < -0.39 is 5.97 Å². The lowest BCUT2D eigenvalue weighted by Crippen LogP contribution is -2.14. The molecule has 0 aliphatic heterocycles. The number of aldehydes is 1. The van der Waals surface area contributed by atoms with E-state index in [1.54, 1.807) is 13.1 Å². The van der Waals surface area contributed by atoms with Gasteiger partial charge in [0.1, 0.15) is 5.69 Å². The molecule has 0 saturated carbocycles. The fourth-order valence-electron chi connectivity index (χ4n) is 1.86. The number of nitrogens with zero attached hydrogens (tertiary/aromatic N) is 3. The van der Waals surface area contributed by atoms with E-state index in [1.807, 2.05) is 25.1 Å². The van der Waals surface area contributed by atoms with Crippen LogP contribution in [0.3, 0.4) is 0 Å². The first-order valence-electron chi connectivity index (χ1n) is 6.30. The predicted molar refractivity (Wildman–Crippen MR) is 71.6 cm³/mol. The van der Waals surface area contributed by atoms with Crippen LogP contribution < -0.4 is 0 Å². The first-order chi connectivity index (χ1) is 9.67. The van der Waals surface area contributed by atoms with Crippen molar-refractivity contribution in [3.63, 3.8) is 0 Å². The molecule has 0 aromatic carbocycles. The van der Waals surface area contributed by atoms with Crippen LogP contribution in [-0.2, 0) is 4.74 Å². The van der Waals surface area contributed by atoms with E-state index >= 15 is 0 Å². The van der Waals surface area contributed by atoms with Gasteiger partial charge in [-0.1, -0.05) is 6.07 Å². The minimum atomic E-state index is -0.539. The maximum atomic E-state index is 11.7. The molecule has 0 fully saturated rings. The van der Waals surface area contributed by atoms with Crippen LogP contribution >= 0.6 is 0 Å². The molecule has 2 heterocycles. The third kappa shape index (κ3) is 2.74. The zero-order valence-electron chi connectivity index (χ0n) is 11.3. The van der Waals surface area contributed by atoms with Crippen LogP contribution in [0.2, 0.25) is 0 Å². The number of pyridine rings is 1. The molecular weight excluding hydrogens is 258 g/mol. The van der Waals surface area contributed by atoms with Crippen molar-refractivity contribution in [3.8, 4) is 0 Å². The summed E-state index contributed by atoms with van der Waals surface area (Å²) < 4.78 is 6.35. The molecule has 6 nitrogen and oxygen atoms in total. The summed E-state index contributed by atoms with van der Waals surface area (Å²) in [4.78, 5) is 27.0. The van der Waals surface area contributed by atoms with Gasteiger partial charge in [0.15, 0.2) is 12.0 Å². The molecule has 0 radical (unpaired) electrons. The van der Waals surface area contributed by atoms with Crippen molar-refractivity contribution in [2.24, 2.45) is 0 Å². The van der Waals surface area contributed by atoms with Crippen molar-refractivity contribution in [2.75, 3.05) is 6.61 Å².